The second-order valence-electron chi connectivity index (χ2n) is 6.37. The van der Waals surface area contributed by atoms with Crippen LogP contribution in [0.25, 0.3) is 0 Å². The lowest BCUT2D eigenvalue weighted by Crippen LogP contribution is -2.17. The van der Waals surface area contributed by atoms with E-state index in [-0.39, 0.29) is 10.5 Å². The summed E-state index contributed by atoms with van der Waals surface area (Å²) in [6, 6.07) is 18.4. The molecule has 0 unspecified atom stereocenters. The van der Waals surface area contributed by atoms with Gasteiger partial charge < -0.3 is 5.32 Å². The number of nitrogens with one attached hydrogen (secondary N) is 2. The number of sulfonamides is 1. The predicted octanol–water partition coefficient (Wildman–Crippen LogP) is 5.01. The fraction of sp³-hybridized carbons (Fsp3) is 0.0952. The van der Waals surface area contributed by atoms with Gasteiger partial charge >= 0.3 is 0 Å². The molecule has 0 saturated heterocycles. The molecule has 0 saturated carbocycles. The van der Waals surface area contributed by atoms with Crippen molar-refractivity contribution in [1.29, 1.82) is 0 Å². The first-order valence-corrected chi connectivity index (χ1v) is 10.4. The lowest BCUT2D eigenvalue weighted by atomic mass is 10.1. The molecule has 0 radical (unpaired) electrons. The normalized spacial score (nSPS) is 11.1. The third-order valence-electron chi connectivity index (χ3n) is 4.21. The van der Waals surface area contributed by atoms with E-state index in [1.54, 1.807) is 55.5 Å². The van der Waals surface area contributed by atoms with Gasteiger partial charge in [0.05, 0.1) is 10.6 Å². The summed E-state index contributed by atoms with van der Waals surface area (Å²) in [5, 5.41) is 3.21. The number of aryl methyl sites for hydroxylation is 2. The van der Waals surface area contributed by atoms with Gasteiger partial charge in [-0.3, -0.25) is 9.52 Å². The number of carbonyl (C=O) groups is 1. The first-order valence-electron chi connectivity index (χ1n) is 8.52. The van der Waals surface area contributed by atoms with Crippen LogP contribution in [0.5, 0.6) is 0 Å². The number of anilines is 2. The van der Waals surface area contributed by atoms with Crippen LogP contribution < -0.4 is 10.0 Å². The largest absolute Gasteiger partial charge is 0.322 e. The molecule has 1 amide bonds. The Morgan fingerprint density at radius 1 is 0.893 bits per heavy atom. The van der Waals surface area contributed by atoms with Crippen molar-refractivity contribution in [2.24, 2.45) is 0 Å². The van der Waals surface area contributed by atoms with Crippen LogP contribution in [0.4, 0.5) is 11.4 Å². The molecule has 0 heterocycles. The number of halogens is 1. The summed E-state index contributed by atoms with van der Waals surface area (Å²) in [6.07, 6.45) is 0. The third kappa shape index (κ3) is 4.52. The number of amides is 1. The molecule has 2 N–H and O–H groups in total. The molecule has 0 aliphatic carbocycles. The van der Waals surface area contributed by atoms with Crippen LogP contribution in [0.3, 0.4) is 0 Å². The monoisotopic (exact) mass is 414 g/mol. The van der Waals surface area contributed by atoms with Crippen LogP contribution in [-0.2, 0) is 10.0 Å². The van der Waals surface area contributed by atoms with E-state index in [0.717, 1.165) is 5.56 Å². The molecule has 0 spiro atoms. The Morgan fingerprint density at radius 2 is 1.64 bits per heavy atom. The molecule has 0 fully saturated rings. The lowest BCUT2D eigenvalue weighted by molar-refractivity contribution is 0.102. The maximum absolute atomic E-state index is 12.9. The van der Waals surface area contributed by atoms with E-state index in [9.17, 15) is 13.2 Å². The van der Waals surface area contributed by atoms with Crippen molar-refractivity contribution in [2.75, 3.05) is 10.0 Å². The summed E-state index contributed by atoms with van der Waals surface area (Å²) in [7, 11) is -3.85. The first-order chi connectivity index (χ1) is 13.3. The minimum atomic E-state index is -3.85. The van der Waals surface area contributed by atoms with E-state index < -0.39 is 15.9 Å². The van der Waals surface area contributed by atoms with E-state index in [1.165, 1.54) is 6.07 Å². The molecule has 3 rings (SSSR count). The number of carbonyl (C=O) groups excluding carboxylic acids is 1. The van der Waals surface area contributed by atoms with E-state index in [1.807, 2.05) is 19.1 Å². The molecule has 0 aliphatic rings. The van der Waals surface area contributed by atoms with E-state index in [0.29, 0.717) is 22.0 Å². The van der Waals surface area contributed by atoms with Gasteiger partial charge in [-0.15, -0.1) is 0 Å². The molecule has 28 heavy (non-hydrogen) atoms. The smallest absolute Gasteiger partial charge is 0.262 e. The molecule has 0 aliphatic heterocycles. The zero-order valence-electron chi connectivity index (χ0n) is 15.4. The standard InChI is InChI=1S/C21H19ClN2O3S/c1-14-6-3-4-9-19(14)24-28(26,27)20-12-16(11-10-15(20)2)21(25)23-18-8-5-7-17(22)13-18/h3-13,24H,1-2H3,(H,23,25). The van der Waals surface area contributed by atoms with Crippen molar-refractivity contribution in [3.63, 3.8) is 0 Å². The van der Waals surface area contributed by atoms with Gasteiger partial charge in [-0.05, 0) is 61.4 Å². The Bertz CT molecular complexity index is 1140. The molecule has 144 valence electrons. The summed E-state index contributed by atoms with van der Waals surface area (Å²) in [5.74, 6) is -0.422. The second-order valence-corrected chi connectivity index (χ2v) is 8.45. The molecular formula is C21H19ClN2O3S. The number of hydrogen-bond donors (Lipinski definition) is 2. The summed E-state index contributed by atoms with van der Waals surface area (Å²) in [5.41, 5.74) is 2.60. The highest BCUT2D eigenvalue weighted by Gasteiger charge is 2.20. The summed E-state index contributed by atoms with van der Waals surface area (Å²) in [4.78, 5) is 12.6. The Labute approximate surface area is 169 Å². The van der Waals surface area contributed by atoms with E-state index in [2.05, 4.69) is 10.0 Å². The van der Waals surface area contributed by atoms with Gasteiger partial charge in [-0.2, -0.15) is 0 Å². The van der Waals surface area contributed by atoms with Crippen LogP contribution in [-0.4, -0.2) is 14.3 Å². The molecule has 0 aromatic heterocycles. The van der Waals surface area contributed by atoms with Crippen LogP contribution in [0, 0.1) is 13.8 Å². The fourth-order valence-electron chi connectivity index (χ4n) is 2.69. The average Bonchev–Trinajstić information content (AvgIpc) is 2.63. The second kappa shape index (κ2) is 8.04. The van der Waals surface area contributed by atoms with Crippen LogP contribution >= 0.6 is 11.6 Å². The summed E-state index contributed by atoms with van der Waals surface area (Å²) >= 11 is 5.93. The predicted molar refractivity (Wildman–Crippen MR) is 113 cm³/mol. The Morgan fingerprint density at radius 3 is 2.36 bits per heavy atom. The maximum atomic E-state index is 12.9. The SMILES string of the molecule is Cc1ccccc1NS(=O)(=O)c1cc(C(=O)Nc2cccc(Cl)c2)ccc1C. The highest BCUT2D eigenvalue weighted by molar-refractivity contribution is 7.92. The van der Waals surface area contributed by atoms with Crippen molar-refractivity contribution >= 4 is 38.9 Å². The first kappa shape index (κ1) is 19.9. The average molecular weight is 415 g/mol. The number of hydrogen-bond acceptors (Lipinski definition) is 3. The van der Waals surface area contributed by atoms with Gasteiger partial charge in [0, 0.05) is 16.3 Å². The van der Waals surface area contributed by atoms with Crippen molar-refractivity contribution in [1.82, 2.24) is 0 Å². The zero-order chi connectivity index (χ0) is 20.3. The van der Waals surface area contributed by atoms with Crippen molar-refractivity contribution in [2.45, 2.75) is 18.7 Å². The molecule has 0 bridgehead atoms. The molecule has 7 heteroatoms. The zero-order valence-corrected chi connectivity index (χ0v) is 16.9. The number of para-hydroxylation sites is 1. The third-order valence-corrected chi connectivity index (χ3v) is 5.95. The highest BCUT2D eigenvalue weighted by atomic mass is 35.5. The Kier molecular flexibility index (Phi) is 5.72. The number of rotatable bonds is 5. The van der Waals surface area contributed by atoms with Crippen molar-refractivity contribution in [3.8, 4) is 0 Å². The Hall–Kier alpha value is -2.83. The molecule has 3 aromatic carbocycles. The van der Waals surface area contributed by atoms with Gasteiger partial charge in [0.1, 0.15) is 0 Å². The van der Waals surface area contributed by atoms with Crippen molar-refractivity contribution < 1.29 is 13.2 Å². The van der Waals surface area contributed by atoms with Gasteiger partial charge in [0.2, 0.25) is 0 Å². The van der Waals surface area contributed by atoms with Gasteiger partial charge in [0.15, 0.2) is 0 Å². The minimum Gasteiger partial charge on any atom is -0.322 e. The summed E-state index contributed by atoms with van der Waals surface area (Å²) < 4.78 is 28.4. The van der Waals surface area contributed by atoms with Crippen LogP contribution in [0.2, 0.25) is 5.02 Å². The highest BCUT2D eigenvalue weighted by Crippen LogP contribution is 2.23. The van der Waals surface area contributed by atoms with Crippen LogP contribution in [0.15, 0.2) is 71.6 Å². The van der Waals surface area contributed by atoms with E-state index in [4.69, 9.17) is 11.6 Å². The summed E-state index contributed by atoms with van der Waals surface area (Å²) in [6.45, 7) is 3.50. The van der Waals surface area contributed by atoms with Crippen LogP contribution in [0.1, 0.15) is 21.5 Å². The van der Waals surface area contributed by atoms with Gasteiger partial charge in [0.25, 0.3) is 15.9 Å². The number of benzene rings is 3. The molecular weight excluding hydrogens is 396 g/mol. The maximum Gasteiger partial charge on any atom is 0.262 e. The van der Waals surface area contributed by atoms with E-state index >= 15 is 0 Å². The molecule has 3 aromatic rings. The van der Waals surface area contributed by atoms with Gasteiger partial charge in [-0.25, -0.2) is 8.42 Å². The Balaban J connectivity index is 1.90. The lowest BCUT2D eigenvalue weighted by Gasteiger charge is -2.13. The van der Waals surface area contributed by atoms with Gasteiger partial charge in [-0.1, -0.05) is 41.9 Å². The quantitative estimate of drug-likeness (QED) is 0.616. The topological polar surface area (TPSA) is 75.3 Å². The molecule has 5 nitrogen and oxygen atoms in total. The van der Waals surface area contributed by atoms with Crippen molar-refractivity contribution in [3.05, 3.63) is 88.4 Å². The minimum absolute atomic E-state index is 0.0505. The fourth-order valence-corrected chi connectivity index (χ4v) is 4.28. The molecule has 0 atom stereocenters.